The van der Waals surface area contributed by atoms with Crippen molar-refractivity contribution in [3.8, 4) is 5.75 Å². The van der Waals surface area contributed by atoms with Crippen molar-refractivity contribution in [3.63, 3.8) is 0 Å². The standard InChI is InChI=1S/C18H19ClN2O3S/c1-11-2-7-15-12(8-11)9-16(25-15)18(23)21-20-17(22)10-24-14-5-3-13(19)4-6-14/h3-6,9,11H,2,7-8,10H2,1H3,(H,20,22)(H,21,23). The smallest absolute Gasteiger partial charge is 0.279 e. The van der Waals surface area contributed by atoms with Gasteiger partial charge in [-0.2, -0.15) is 0 Å². The van der Waals surface area contributed by atoms with Gasteiger partial charge in [-0.3, -0.25) is 20.4 Å². The van der Waals surface area contributed by atoms with Crippen LogP contribution in [0.2, 0.25) is 5.02 Å². The summed E-state index contributed by atoms with van der Waals surface area (Å²) < 4.78 is 5.32. The molecule has 0 radical (unpaired) electrons. The quantitative estimate of drug-likeness (QED) is 0.801. The summed E-state index contributed by atoms with van der Waals surface area (Å²) in [5.41, 5.74) is 6.06. The lowest BCUT2D eigenvalue weighted by Crippen LogP contribution is -2.43. The van der Waals surface area contributed by atoms with Crippen LogP contribution in [0.15, 0.2) is 30.3 Å². The van der Waals surface area contributed by atoms with Crippen LogP contribution < -0.4 is 15.6 Å². The zero-order chi connectivity index (χ0) is 17.8. The van der Waals surface area contributed by atoms with Gasteiger partial charge in [-0.05, 0) is 61.1 Å². The maximum atomic E-state index is 12.2. The summed E-state index contributed by atoms with van der Waals surface area (Å²) in [6, 6.07) is 8.63. The highest BCUT2D eigenvalue weighted by Gasteiger charge is 2.20. The highest BCUT2D eigenvalue weighted by atomic mass is 35.5. The molecule has 2 aromatic rings. The van der Waals surface area contributed by atoms with Crippen molar-refractivity contribution < 1.29 is 14.3 Å². The average molecular weight is 379 g/mol. The number of fused-ring (bicyclic) bond motifs is 1. The molecule has 1 aromatic heterocycles. The van der Waals surface area contributed by atoms with Crippen LogP contribution in [0.5, 0.6) is 5.75 Å². The maximum Gasteiger partial charge on any atom is 0.279 e. The number of benzene rings is 1. The van der Waals surface area contributed by atoms with Gasteiger partial charge in [0.25, 0.3) is 11.8 Å². The minimum Gasteiger partial charge on any atom is -0.484 e. The summed E-state index contributed by atoms with van der Waals surface area (Å²) >= 11 is 7.28. The molecule has 132 valence electrons. The molecular weight excluding hydrogens is 360 g/mol. The highest BCUT2D eigenvalue weighted by Crippen LogP contribution is 2.32. The normalized spacial score (nSPS) is 16.0. The number of hydrogen-bond acceptors (Lipinski definition) is 4. The van der Waals surface area contributed by atoms with Gasteiger partial charge in [0, 0.05) is 9.90 Å². The van der Waals surface area contributed by atoms with E-state index in [0.717, 1.165) is 19.3 Å². The molecule has 0 spiro atoms. The first-order chi connectivity index (χ1) is 12.0. The van der Waals surface area contributed by atoms with Gasteiger partial charge in [0.05, 0.1) is 4.88 Å². The van der Waals surface area contributed by atoms with E-state index in [4.69, 9.17) is 16.3 Å². The fourth-order valence-corrected chi connectivity index (χ4v) is 3.95. The molecular formula is C18H19ClN2O3S. The third kappa shape index (κ3) is 4.74. The Balaban J connectivity index is 1.47. The molecule has 1 aliphatic rings. The summed E-state index contributed by atoms with van der Waals surface area (Å²) in [5.74, 6) is 0.457. The summed E-state index contributed by atoms with van der Waals surface area (Å²) in [7, 11) is 0. The molecule has 1 unspecified atom stereocenters. The number of aryl methyl sites for hydroxylation is 1. The Kier molecular flexibility index (Phi) is 5.60. The molecule has 2 amide bonds. The van der Waals surface area contributed by atoms with Crippen molar-refractivity contribution in [2.24, 2.45) is 5.92 Å². The van der Waals surface area contributed by atoms with Gasteiger partial charge in [-0.15, -0.1) is 11.3 Å². The third-order valence-electron chi connectivity index (χ3n) is 4.05. The number of carbonyl (C=O) groups is 2. The van der Waals surface area contributed by atoms with Crippen LogP contribution in [-0.4, -0.2) is 18.4 Å². The molecule has 7 heteroatoms. The van der Waals surface area contributed by atoms with Crippen molar-refractivity contribution in [3.05, 3.63) is 50.7 Å². The minimum absolute atomic E-state index is 0.194. The first-order valence-corrected chi connectivity index (χ1v) is 9.30. The van der Waals surface area contributed by atoms with Crippen LogP contribution in [0, 0.1) is 5.92 Å². The largest absolute Gasteiger partial charge is 0.484 e. The van der Waals surface area contributed by atoms with E-state index in [2.05, 4.69) is 17.8 Å². The van der Waals surface area contributed by atoms with Crippen LogP contribution in [0.4, 0.5) is 0 Å². The highest BCUT2D eigenvalue weighted by molar-refractivity contribution is 7.14. The number of rotatable bonds is 4. The van der Waals surface area contributed by atoms with Crippen molar-refractivity contribution >= 4 is 34.8 Å². The molecule has 0 fully saturated rings. The molecule has 0 bridgehead atoms. The Morgan fingerprint density at radius 1 is 1.28 bits per heavy atom. The second-order valence-corrected chi connectivity index (χ2v) is 7.73. The number of hydrazine groups is 1. The Hall–Kier alpha value is -2.05. The molecule has 0 aliphatic heterocycles. The molecule has 1 atom stereocenters. The molecule has 5 nitrogen and oxygen atoms in total. The Morgan fingerprint density at radius 3 is 2.80 bits per heavy atom. The number of carbonyl (C=O) groups excluding carboxylic acids is 2. The first-order valence-electron chi connectivity index (χ1n) is 8.10. The number of amides is 2. The Morgan fingerprint density at radius 2 is 2.04 bits per heavy atom. The Labute approximate surface area is 155 Å². The van der Waals surface area contributed by atoms with Gasteiger partial charge in [0.15, 0.2) is 6.61 Å². The number of ether oxygens (including phenoxy) is 1. The third-order valence-corrected chi connectivity index (χ3v) is 5.54. The van der Waals surface area contributed by atoms with Gasteiger partial charge in [-0.25, -0.2) is 0 Å². The molecule has 25 heavy (non-hydrogen) atoms. The summed E-state index contributed by atoms with van der Waals surface area (Å²) in [6.07, 6.45) is 3.20. The maximum absolute atomic E-state index is 12.2. The summed E-state index contributed by atoms with van der Waals surface area (Å²) in [4.78, 5) is 25.9. The second kappa shape index (κ2) is 7.89. The van der Waals surface area contributed by atoms with Crippen LogP contribution in [-0.2, 0) is 17.6 Å². The molecule has 1 aromatic carbocycles. The zero-order valence-corrected chi connectivity index (χ0v) is 15.4. The average Bonchev–Trinajstić information content (AvgIpc) is 3.02. The van der Waals surface area contributed by atoms with Gasteiger partial charge in [0.2, 0.25) is 0 Å². The van der Waals surface area contributed by atoms with E-state index in [-0.39, 0.29) is 12.5 Å². The topological polar surface area (TPSA) is 67.4 Å². The number of nitrogens with one attached hydrogen (secondary N) is 2. The van der Waals surface area contributed by atoms with E-state index in [0.29, 0.717) is 21.6 Å². The first kappa shape index (κ1) is 17.8. The fraction of sp³-hybridized carbons (Fsp3) is 0.333. The van der Waals surface area contributed by atoms with Crippen molar-refractivity contribution in [1.29, 1.82) is 0 Å². The molecule has 3 rings (SSSR count). The van der Waals surface area contributed by atoms with Crippen molar-refractivity contribution in [1.82, 2.24) is 10.9 Å². The monoisotopic (exact) mass is 378 g/mol. The number of thiophene rings is 1. The van der Waals surface area contributed by atoms with E-state index in [9.17, 15) is 9.59 Å². The molecule has 1 aliphatic carbocycles. The predicted octanol–water partition coefficient (Wildman–Crippen LogP) is 3.37. The summed E-state index contributed by atoms with van der Waals surface area (Å²) in [6.45, 7) is 2.03. The van der Waals surface area contributed by atoms with E-state index < -0.39 is 5.91 Å². The molecule has 1 heterocycles. The zero-order valence-electron chi connectivity index (χ0n) is 13.8. The SMILES string of the molecule is CC1CCc2sc(C(=O)NNC(=O)COc3ccc(Cl)cc3)cc2C1. The van der Waals surface area contributed by atoms with Gasteiger partial charge in [0.1, 0.15) is 5.75 Å². The fourth-order valence-electron chi connectivity index (χ4n) is 2.72. The van der Waals surface area contributed by atoms with E-state index in [1.165, 1.54) is 21.8 Å². The minimum atomic E-state index is -0.432. The van der Waals surface area contributed by atoms with Crippen molar-refractivity contribution in [2.75, 3.05) is 6.61 Å². The molecule has 2 N–H and O–H groups in total. The lowest BCUT2D eigenvalue weighted by molar-refractivity contribution is -0.123. The van der Waals surface area contributed by atoms with Gasteiger partial charge < -0.3 is 4.74 Å². The van der Waals surface area contributed by atoms with E-state index >= 15 is 0 Å². The van der Waals surface area contributed by atoms with Crippen molar-refractivity contribution in [2.45, 2.75) is 26.2 Å². The van der Waals surface area contributed by atoms with Gasteiger partial charge in [-0.1, -0.05) is 18.5 Å². The van der Waals surface area contributed by atoms with Crippen LogP contribution in [0.1, 0.15) is 33.5 Å². The lowest BCUT2D eigenvalue weighted by atomic mass is 9.90. The predicted molar refractivity (Wildman–Crippen MR) is 98.1 cm³/mol. The van der Waals surface area contributed by atoms with E-state index in [1.807, 2.05) is 6.07 Å². The van der Waals surface area contributed by atoms with Crippen LogP contribution in [0.3, 0.4) is 0 Å². The lowest BCUT2D eigenvalue weighted by Gasteiger charge is -2.16. The van der Waals surface area contributed by atoms with Crippen LogP contribution in [0.25, 0.3) is 0 Å². The second-order valence-electron chi connectivity index (χ2n) is 6.15. The number of hydrogen-bond donors (Lipinski definition) is 2. The molecule has 0 saturated carbocycles. The Bertz CT molecular complexity index is 773. The molecule has 0 saturated heterocycles. The number of halogens is 1. The van der Waals surface area contributed by atoms with Gasteiger partial charge >= 0.3 is 0 Å². The van der Waals surface area contributed by atoms with Crippen LogP contribution >= 0.6 is 22.9 Å². The summed E-state index contributed by atoms with van der Waals surface area (Å²) in [5, 5.41) is 0.595. The van der Waals surface area contributed by atoms with E-state index in [1.54, 1.807) is 24.3 Å².